The molecule has 2 amide bonds. The van der Waals surface area contributed by atoms with Crippen molar-refractivity contribution in [2.24, 2.45) is 11.8 Å². The molecule has 5 rings (SSSR count). The summed E-state index contributed by atoms with van der Waals surface area (Å²) in [6, 6.07) is -1.44. The summed E-state index contributed by atoms with van der Waals surface area (Å²) >= 11 is 2.44. The number of carbonyl (C=O) groups excluding carboxylic acids is 4. The van der Waals surface area contributed by atoms with Gasteiger partial charge in [-0.25, -0.2) is 0 Å². The predicted octanol–water partition coefficient (Wildman–Crippen LogP) is 0.000400. The zero-order chi connectivity index (χ0) is 21.6. The number of carbonyl (C=O) groups is 4. The summed E-state index contributed by atoms with van der Waals surface area (Å²) in [6.45, 7) is 0. The van der Waals surface area contributed by atoms with Crippen molar-refractivity contribution in [3.8, 4) is 0 Å². The molecule has 0 radical (unpaired) electrons. The van der Waals surface area contributed by atoms with Crippen LogP contribution in [0.5, 0.6) is 0 Å². The maximum absolute atomic E-state index is 14.1. The van der Waals surface area contributed by atoms with E-state index in [0.29, 0.717) is 0 Å². The molecule has 0 aromatic rings. The lowest BCUT2D eigenvalue weighted by atomic mass is 9.80. The van der Waals surface area contributed by atoms with Crippen molar-refractivity contribution in [1.82, 2.24) is 9.80 Å². The fraction of sp³-hybridized carbons (Fsp3) is 0.800. The van der Waals surface area contributed by atoms with E-state index < -0.39 is 45.9 Å². The first-order valence-electron chi connectivity index (χ1n) is 10.4. The van der Waals surface area contributed by atoms with E-state index in [1.165, 1.54) is 33.3 Å². The zero-order valence-corrected chi connectivity index (χ0v) is 18.6. The summed E-state index contributed by atoms with van der Waals surface area (Å²) in [6.07, 6.45) is 3.16. The van der Waals surface area contributed by atoms with Crippen molar-refractivity contribution in [3.63, 3.8) is 0 Å². The SMILES string of the molecule is CSC12CC3C(=O)CCC(O)C3N1C(=O)C1(SC)CC3C(=O)CCC(O)C3N1C2=O. The van der Waals surface area contributed by atoms with Gasteiger partial charge in [-0.15, -0.1) is 23.5 Å². The summed E-state index contributed by atoms with van der Waals surface area (Å²) in [4.78, 5) is 54.0. The van der Waals surface area contributed by atoms with Crippen LogP contribution in [0.15, 0.2) is 0 Å². The van der Waals surface area contributed by atoms with Crippen LogP contribution in [-0.4, -0.2) is 89.9 Å². The van der Waals surface area contributed by atoms with E-state index in [1.54, 1.807) is 12.5 Å². The van der Waals surface area contributed by atoms with Crippen LogP contribution in [-0.2, 0) is 19.2 Å². The number of Topliss-reactive ketones (excluding diaryl/α,β-unsaturated/α-hetero) is 2. The van der Waals surface area contributed by atoms with E-state index >= 15 is 0 Å². The molecule has 30 heavy (non-hydrogen) atoms. The van der Waals surface area contributed by atoms with E-state index in [1.807, 2.05) is 0 Å². The van der Waals surface area contributed by atoms with Gasteiger partial charge in [0.2, 0.25) is 0 Å². The number of ketones is 2. The summed E-state index contributed by atoms with van der Waals surface area (Å²) in [5.41, 5.74) is 0. The Morgan fingerprint density at radius 1 is 0.767 bits per heavy atom. The van der Waals surface area contributed by atoms with Gasteiger partial charge in [0.1, 0.15) is 11.6 Å². The number of hydrogen-bond acceptors (Lipinski definition) is 8. The molecule has 2 saturated carbocycles. The van der Waals surface area contributed by atoms with Gasteiger partial charge in [0.25, 0.3) is 11.8 Å². The van der Waals surface area contributed by atoms with Crippen LogP contribution in [0, 0.1) is 11.8 Å². The second-order valence-corrected chi connectivity index (χ2v) is 11.2. The maximum Gasteiger partial charge on any atom is 0.261 e. The van der Waals surface area contributed by atoms with E-state index in [-0.39, 0.29) is 61.9 Å². The Balaban J connectivity index is 1.68. The van der Waals surface area contributed by atoms with Crippen molar-refractivity contribution < 1.29 is 29.4 Å². The Morgan fingerprint density at radius 2 is 1.13 bits per heavy atom. The lowest BCUT2D eigenvalue weighted by Crippen LogP contribution is -2.75. The van der Waals surface area contributed by atoms with Gasteiger partial charge in [-0.2, -0.15) is 0 Å². The number of piperazine rings is 1. The molecule has 0 aromatic heterocycles. The number of aliphatic hydroxyl groups is 2. The lowest BCUT2D eigenvalue weighted by Gasteiger charge is -2.54. The van der Waals surface area contributed by atoms with Crippen molar-refractivity contribution in [3.05, 3.63) is 0 Å². The van der Waals surface area contributed by atoms with Crippen LogP contribution in [0.4, 0.5) is 0 Å². The smallest absolute Gasteiger partial charge is 0.261 e. The molecule has 164 valence electrons. The summed E-state index contributed by atoms with van der Waals surface area (Å²) in [7, 11) is 0. The first kappa shape index (κ1) is 20.8. The van der Waals surface area contributed by atoms with Gasteiger partial charge in [-0.3, -0.25) is 19.2 Å². The zero-order valence-electron chi connectivity index (χ0n) is 16.9. The van der Waals surface area contributed by atoms with Crippen molar-refractivity contribution >= 4 is 46.9 Å². The van der Waals surface area contributed by atoms with Gasteiger partial charge in [0.05, 0.1) is 24.3 Å². The molecule has 2 aliphatic carbocycles. The number of rotatable bonds is 2. The van der Waals surface area contributed by atoms with Crippen LogP contribution >= 0.6 is 23.5 Å². The van der Waals surface area contributed by atoms with Crippen molar-refractivity contribution in [2.45, 2.75) is 72.6 Å². The topological polar surface area (TPSA) is 115 Å². The summed E-state index contributed by atoms with van der Waals surface area (Å²) in [5, 5.41) is 21.5. The number of nitrogens with zero attached hydrogens (tertiary/aromatic N) is 2. The molecule has 8 unspecified atom stereocenters. The Morgan fingerprint density at radius 3 is 1.47 bits per heavy atom. The molecular formula is C20H26N2O6S2. The monoisotopic (exact) mass is 454 g/mol. The second kappa shape index (κ2) is 6.70. The largest absolute Gasteiger partial charge is 0.391 e. The molecular weight excluding hydrogens is 428 g/mol. The molecule has 5 aliphatic rings. The molecule has 8 nitrogen and oxygen atoms in total. The summed E-state index contributed by atoms with van der Waals surface area (Å²) < 4.78 is 0. The van der Waals surface area contributed by atoms with Crippen LogP contribution < -0.4 is 0 Å². The van der Waals surface area contributed by atoms with Crippen molar-refractivity contribution in [2.75, 3.05) is 12.5 Å². The normalized spacial score (nSPS) is 47.9. The van der Waals surface area contributed by atoms with Gasteiger partial charge in [-0.05, 0) is 25.4 Å². The first-order valence-corrected chi connectivity index (χ1v) is 12.9. The van der Waals surface area contributed by atoms with Gasteiger partial charge < -0.3 is 20.0 Å². The van der Waals surface area contributed by atoms with Crippen LogP contribution in [0.2, 0.25) is 0 Å². The minimum absolute atomic E-state index is 0.0159. The average Bonchev–Trinajstić information content (AvgIpc) is 3.29. The van der Waals surface area contributed by atoms with E-state index in [4.69, 9.17) is 0 Å². The Bertz CT molecular complexity index is 785. The molecule has 8 atom stereocenters. The number of aliphatic hydroxyl groups excluding tert-OH is 2. The third-order valence-corrected chi connectivity index (χ3v) is 10.4. The molecule has 2 N–H and O–H groups in total. The maximum atomic E-state index is 14.1. The average molecular weight is 455 g/mol. The number of amides is 2. The number of hydrogen-bond donors (Lipinski definition) is 2. The predicted molar refractivity (Wildman–Crippen MR) is 110 cm³/mol. The lowest BCUT2D eigenvalue weighted by molar-refractivity contribution is -0.171. The van der Waals surface area contributed by atoms with E-state index in [9.17, 15) is 29.4 Å². The Kier molecular flexibility index (Phi) is 4.64. The van der Waals surface area contributed by atoms with E-state index in [0.717, 1.165) is 0 Å². The third-order valence-electron chi connectivity index (χ3n) is 7.96. The quantitative estimate of drug-likeness (QED) is 0.599. The minimum atomic E-state index is -1.29. The fourth-order valence-corrected chi connectivity index (χ4v) is 8.59. The van der Waals surface area contributed by atoms with Crippen molar-refractivity contribution in [1.29, 1.82) is 0 Å². The second-order valence-electron chi connectivity index (χ2n) is 9.07. The van der Waals surface area contributed by atoms with Gasteiger partial charge in [-0.1, -0.05) is 0 Å². The Labute approximate surface area is 183 Å². The molecule has 3 saturated heterocycles. The molecule has 5 fully saturated rings. The minimum Gasteiger partial charge on any atom is -0.391 e. The van der Waals surface area contributed by atoms with Crippen LogP contribution in [0.3, 0.4) is 0 Å². The summed E-state index contributed by atoms with van der Waals surface area (Å²) in [5.74, 6) is -1.81. The Hall–Kier alpha value is -1.10. The van der Waals surface area contributed by atoms with Gasteiger partial charge in [0.15, 0.2) is 9.74 Å². The molecule has 0 spiro atoms. The van der Waals surface area contributed by atoms with Gasteiger partial charge >= 0.3 is 0 Å². The van der Waals surface area contributed by atoms with Crippen LogP contribution in [0.25, 0.3) is 0 Å². The molecule has 3 heterocycles. The highest BCUT2D eigenvalue weighted by Gasteiger charge is 2.75. The standard InChI is InChI=1S/C20H26N2O6S2/c1-29-19-7-9-11(23)3-5-13(25)15(9)21(19)18(28)20(30-2)8-10-12(24)4-6-14(26)16(10)22(20)17(19)27/h9-10,13-16,25-26H,3-8H2,1-2H3. The third kappa shape index (κ3) is 2.28. The van der Waals surface area contributed by atoms with E-state index in [2.05, 4.69) is 0 Å². The molecule has 0 bridgehead atoms. The first-order chi connectivity index (χ1) is 14.2. The molecule has 0 aromatic carbocycles. The number of fused-ring (bicyclic) bond motifs is 6. The highest BCUT2D eigenvalue weighted by Crippen LogP contribution is 2.60. The molecule has 3 aliphatic heterocycles. The molecule has 10 heteroatoms. The highest BCUT2D eigenvalue weighted by atomic mass is 32.2. The van der Waals surface area contributed by atoms with Gasteiger partial charge in [0, 0.05) is 37.5 Å². The number of thioether (sulfide) groups is 2. The van der Waals surface area contributed by atoms with Crippen LogP contribution in [0.1, 0.15) is 38.5 Å². The highest BCUT2D eigenvalue weighted by molar-refractivity contribution is 8.01. The fourth-order valence-electron chi connectivity index (χ4n) is 6.55.